The third-order valence-corrected chi connectivity index (χ3v) is 3.89. The lowest BCUT2D eigenvalue weighted by Crippen LogP contribution is -2.21. The summed E-state index contributed by atoms with van der Waals surface area (Å²) in [7, 11) is 0. The molecule has 0 aliphatic carbocycles. The van der Waals surface area contributed by atoms with Crippen molar-refractivity contribution in [1.82, 2.24) is 15.0 Å². The number of carbonyl (C=O) groups is 1. The number of amides is 1. The van der Waals surface area contributed by atoms with Crippen LogP contribution < -0.4 is 11.0 Å². The highest BCUT2D eigenvalue weighted by Crippen LogP contribution is 2.20. The van der Waals surface area contributed by atoms with Crippen LogP contribution in [0.2, 0.25) is 0 Å². The molecule has 0 radical (unpaired) electrons. The van der Waals surface area contributed by atoms with Gasteiger partial charge in [-0.15, -0.1) is 0 Å². The largest absolute Gasteiger partial charge is 0.494 e. The second kappa shape index (κ2) is 7.75. The van der Waals surface area contributed by atoms with E-state index in [0.29, 0.717) is 5.56 Å². The Balaban J connectivity index is 1.96. The molecule has 0 atom stereocenters. The fraction of sp³-hybridized carbons (Fsp3) is 0. The Hall–Kier alpha value is -3.59. The predicted molar refractivity (Wildman–Crippen MR) is 100 cm³/mol. The molecule has 9 heteroatoms. The normalized spacial score (nSPS) is 10.9. The zero-order valence-electron chi connectivity index (χ0n) is 13.7. The van der Waals surface area contributed by atoms with Crippen LogP contribution in [0.25, 0.3) is 5.69 Å². The first-order chi connectivity index (χ1) is 13.0. The van der Waals surface area contributed by atoms with Gasteiger partial charge in [0.1, 0.15) is 11.4 Å². The third kappa shape index (κ3) is 3.82. The Morgan fingerprint density at radius 1 is 1.19 bits per heavy atom. The highest BCUT2D eigenvalue weighted by molar-refractivity contribution is 7.71. The van der Waals surface area contributed by atoms with Crippen molar-refractivity contribution in [3.63, 3.8) is 0 Å². The molecule has 1 aromatic heterocycles. The number of carbonyl (C=O) groups excluding carboxylic acids is 1. The number of hydrazone groups is 1. The average Bonchev–Trinajstić information content (AvgIpc) is 2.66. The Morgan fingerprint density at radius 3 is 2.56 bits per heavy atom. The van der Waals surface area contributed by atoms with E-state index in [1.54, 1.807) is 36.4 Å². The van der Waals surface area contributed by atoms with Crippen LogP contribution in [0.1, 0.15) is 15.9 Å². The summed E-state index contributed by atoms with van der Waals surface area (Å²) in [6.07, 6.45) is 0.959. The first kappa shape index (κ1) is 18.2. The molecule has 0 spiro atoms. The summed E-state index contributed by atoms with van der Waals surface area (Å²) in [5.41, 5.74) is 1.55. The van der Waals surface area contributed by atoms with E-state index in [2.05, 4.69) is 15.5 Å². The maximum Gasteiger partial charge on any atom is 0.271 e. The fourth-order valence-electron chi connectivity index (χ4n) is 2.32. The third-order valence-electron chi connectivity index (χ3n) is 3.61. The standard InChI is InChI=1S/C18H13FN4O3S/c19-13-8-4-5-9-14(13)23-17(26)12(16(25)21-18(23)27)10-20-22-15(24)11-6-2-1-3-7-11/h1-10,26H,(H,22,24)(H,21,25,27). The zero-order valence-corrected chi connectivity index (χ0v) is 14.5. The van der Waals surface area contributed by atoms with Crippen molar-refractivity contribution in [2.24, 2.45) is 5.10 Å². The molecule has 3 rings (SSSR count). The van der Waals surface area contributed by atoms with Gasteiger partial charge in [0.2, 0.25) is 5.88 Å². The summed E-state index contributed by atoms with van der Waals surface area (Å²) >= 11 is 5.01. The summed E-state index contributed by atoms with van der Waals surface area (Å²) in [5, 5.41) is 14.1. The molecule has 7 nitrogen and oxygen atoms in total. The van der Waals surface area contributed by atoms with E-state index in [1.807, 2.05) is 0 Å². The van der Waals surface area contributed by atoms with Gasteiger partial charge < -0.3 is 5.11 Å². The monoisotopic (exact) mass is 384 g/mol. The van der Waals surface area contributed by atoms with Crippen molar-refractivity contribution < 1.29 is 14.3 Å². The van der Waals surface area contributed by atoms with Gasteiger partial charge in [0.15, 0.2) is 4.77 Å². The SMILES string of the molecule is O=C(NN=Cc1c(O)n(-c2ccccc2F)c(=S)[nH]c1=O)c1ccccc1. The van der Waals surface area contributed by atoms with Gasteiger partial charge in [0, 0.05) is 5.56 Å². The number of nitrogens with zero attached hydrogens (tertiary/aromatic N) is 2. The molecule has 3 N–H and O–H groups in total. The molecule has 0 saturated carbocycles. The van der Waals surface area contributed by atoms with Crippen LogP contribution in [0, 0.1) is 10.6 Å². The zero-order chi connectivity index (χ0) is 19.4. The molecule has 0 aliphatic heterocycles. The summed E-state index contributed by atoms with van der Waals surface area (Å²) in [6.45, 7) is 0. The number of halogens is 1. The molecule has 1 heterocycles. The van der Waals surface area contributed by atoms with Gasteiger partial charge in [-0.25, -0.2) is 9.82 Å². The summed E-state index contributed by atoms with van der Waals surface area (Å²) in [4.78, 5) is 26.4. The minimum Gasteiger partial charge on any atom is -0.494 e. The van der Waals surface area contributed by atoms with Crippen molar-refractivity contribution in [1.29, 1.82) is 0 Å². The van der Waals surface area contributed by atoms with Crippen LogP contribution in [0.15, 0.2) is 64.5 Å². The number of benzene rings is 2. The lowest BCUT2D eigenvalue weighted by molar-refractivity contribution is 0.0955. The number of nitrogens with one attached hydrogen (secondary N) is 2. The number of hydrogen-bond acceptors (Lipinski definition) is 5. The molecule has 0 fully saturated rings. The molecule has 3 aromatic rings. The Labute approximate surface area is 157 Å². The summed E-state index contributed by atoms with van der Waals surface area (Å²) in [6, 6.07) is 13.9. The molecular weight excluding hydrogens is 371 g/mol. The summed E-state index contributed by atoms with van der Waals surface area (Å²) in [5.74, 6) is -1.74. The molecule has 136 valence electrons. The molecule has 2 aromatic carbocycles. The molecule has 0 bridgehead atoms. The van der Waals surface area contributed by atoms with E-state index in [4.69, 9.17) is 12.2 Å². The molecular formula is C18H13FN4O3S. The van der Waals surface area contributed by atoms with Gasteiger partial charge in [0.05, 0.1) is 11.9 Å². The quantitative estimate of drug-likeness (QED) is 0.366. The number of aromatic amines is 1. The van der Waals surface area contributed by atoms with Crippen LogP contribution in [0.5, 0.6) is 5.88 Å². The topological polar surface area (TPSA) is 99.5 Å². The number of aromatic nitrogens is 2. The van der Waals surface area contributed by atoms with Gasteiger partial charge in [-0.05, 0) is 36.5 Å². The van der Waals surface area contributed by atoms with Crippen molar-refractivity contribution in [2.45, 2.75) is 0 Å². The molecule has 27 heavy (non-hydrogen) atoms. The Kier molecular flexibility index (Phi) is 5.23. The smallest absolute Gasteiger partial charge is 0.271 e. The van der Waals surface area contributed by atoms with E-state index in [0.717, 1.165) is 10.8 Å². The van der Waals surface area contributed by atoms with E-state index >= 15 is 0 Å². The fourth-order valence-corrected chi connectivity index (χ4v) is 2.60. The van der Waals surface area contributed by atoms with Crippen LogP contribution in [-0.4, -0.2) is 26.8 Å². The minimum absolute atomic E-state index is 0.0424. The van der Waals surface area contributed by atoms with Gasteiger partial charge in [0.25, 0.3) is 11.5 Å². The Bertz CT molecular complexity index is 1140. The van der Waals surface area contributed by atoms with Gasteiger partial charge in [-0.2, -0.15) is 5.10 Å². The first-order valence-electron chi connectivity index (χ1n) is 7.70. The van der Waals surface area contributed by atoms with Crippen molar-refractivity contribution in [3.8, 4) is 11.6 Å². The average molecular weight is 384 g/mol. The van der Waals surface area contributed by atoms with E-state index in [1.165, 1.54) is 18.2 Å². The minimum atomic E-state index is -0.734. The highest BCUT2D eigenvalue weighted by atomic mass is 32.1. The lowest BCUT2D eigenvalue weighted by atomic mass is 10.2. The number of hydrogen-bond donors (Lipinski definition) is 3. The summed E-state index contributed by atoms with van der Waals surface area (Å²) < 4.78 is 14.8. The Morgan fingerprint density at radius 2 is 1.85 bits per heavy atom. The maximum absolute atomic E-state index is 14.1. The van der Waals surface area contributed by atoms with E-state index in [9.17, 15) is 19.1 Å². The number of para-hydroxylation sites is 1. The van der Waals surface area contributed by atoms with Gasteiger partial charge in [-0.3, -0.25) is 19.1 Å². The van der Waals surface area contributed by atoms with Crippen LogP contribution in [-0.2, 0) is 0 Å². The van der Waals surface area contributed by atoms with Crippen molar-refractivity contribution in [3.05, 3.63) is 86.7 Å². The van der Waals surface area contributed by atoms with Crippen molar-refractivity contribution in [2.75, 3.05) is 0 Å². The maximum atomic E-state index is 14.1. The van der Waals surface area contributed by atoms with Gasteiger partial charge >= 0.3 is 0 Å². The second-order valence-corrected chi connectivity index (χ2v) is 5.74. The van der Waals surface area contributed by atoms with E-state index in [-0.39, 0.29) is 16.0 Å². The first-order valence-corrected chi connectivity index (χ1v) is 8.11. The van der Waals surface area contributed by atoms with Crippen molar-refractivity contribution >= 4 is 24.3 Å². The van der Waals surface area contributed by atoms with Crippen LogP contribution in [0.4, 0.5) is 4.39 Å². The second-order valence-electron chi connectivity index (χ2n) is 5.35. The predicted octanol–water partition coefficient (Wildman–Crippen LogP) is 2.50. The molecule has 0 unspecified atom stereocenters. The molecule has 0 aliphatic rings. The molecule has 0 saturated heterocycles. The van der Waals surface area contributed by atoms with Crippen LogP contribution in [0.3, 0.4) is 0 Å². The highest BCUT2D eigenvalue weighted by Gasteiger charge is 2.15. The lowest BCUT2D eigenvalue weighted by Gasteiger charge is -2.11. The molecule has 1 amide bonds. The van der Waals surface area contributed by atoms with Crippen LogP contribution >= 0.6 is 12.2 Å². The number of rotatable bonds is 4. The van der Waals surface area contributed by atoms with E-state index < -0.39 is 23.2 Å². The number of aromatic hydroxyl groups is 1. The van der Waals surface area contributed by atoms with Gasteiger partial charge in [-0.1, -0.05) is 30.3 Å². The number of H-pyrrole nitrogens is 1.